The number of aromatic nitrogens is 1. The molecule has 1 heterocycles. The van der Waals surface area contributed by atoms with Crippen LogP contribution in [0.3, 0.4) is 0 Å². The lowest BCUT2D eigenvalue weighted by molar-refractivity contribution is -0.137. The number of hydrogen-bond donors (Lipinski definition) is 3. The SMILES string of the molecule is CC(CC(=O)O)NC(=O)c1c[nH]c2ccccc2c1=O. The van der Waals surface area contributed by atoms with Crippen molar-refractivity contribution in [1.29, 1.82) is 0 Å². The molecule has 2 rings (SSSR count). The van der Waals surface area contributed by atoms with E-state index in [9.17, 15) is 14.4 Å². The van der Waals surface area contributed by atoms with E-state index in [-0.39, 0.29) is 17.4 Å². The molecule has 0 saturated carbocycles. The molecule has 2 aromatic rings. The Bertz CT molecular complexity index is 720. The number of carbonyl (C=O) groups is 2. The van der Waals surface area contributed by atoms with Crippen LogP contribution in [0.1, 0.15) is 23.7 Å². The lowest BCUT2D eigenvalue weighted by Crippen LogP contribution is -2.36. The molecule has 0 aliphatic heterocycles. The Balaban J connectivity index is 2.29. The predicted molar refractivity (Wildman–Crippen MR) is 73.7 cm³/mol. The molecular weight excluding hydrogens is 260 g/mol. The van der Waals surface area contributed by atoms with Gasteiger partial charge in [0.1, 0.15) is 5.56 Å². The Morgan fingerprint density at radius 3 is 2.75 bits per heavy atom. The molecule has 1 aromatic heterocycles. The van der Waals surface area contributed by atoms with Crippen molar-refractivity contribution in [3.05, 3.63) is 46.2 Å². The maximum Gasteiger partial charge on any atom is 0.305 e. The fraction of sp³-hybridized carbons (Fsp3) is 0.214. The van der Waals surface area contributed by atoms with Gasteiger partial charge in [-0.05, 0) is 19.1 Å². The summed E-state index contributed by atoms with van der Waals surface area (Å²) in [5.41, 5.74) is 0.243. The standard InChI is InChI=1S/C14H14N2O4/c1-8(6-12(17)18)16-14(20)10-7-15-11-5-3-2-4-9(11)13(10)19/h2-5,7-8H,6H2,1H3,(H,15,19)(H,16,20)(H,17,18). The van der Waals surface area contributed by atoms with E-state index in [0.29, 0.717) is 10.9 Å². The average Bonchev–Trinajstić information content (AvgIpc) is 2.38. The van der Waals surface area contributed by atoms with E-state index >= 15 is 0 Å². The summed E-state index contributed by atoms with van der Waals surface area (Å²) >= 11 is 0. The van der Waals surface area contributed by atoms with Crippen LogP contribution in [0, 0.1) is 0 Å². The Labute approximate surface area is 114 Å². The van der Waals surface area contributed by atoms with Crippen LogP contribution in [0.25, 0.3) is 10.9 Å². The molecule has 6 nitrogen and oxygen atoms in total. The van der Waals surface area contributed by atoms with Crippen molar-refractivity contribution in [1.82, 2.24) is 10.3 Å². The van der Waals surface area contributed by atoms with Gasteiger partial charge in [0.2, 0.25) is 5.43 Å². The Morgan fingerprint density at radius 1 is 1.35 bits per heavy atom. The minimum absolute atomic E-state index is 0.0269. The van der Waals surface area contributed by atoms with E-state index in [4.69, 9.17) is 5.11 Å². The molecule has 104 valence electrons. The lowest BCUT2D eigenvalue weighted by atomic mass is 10.1. The summed E-state index contributed by atoms with van der Waals surface area (Å²) in [4.78, 5) is 37.6. The van der Waals surface area contributed by atoms with Gasteiger partial charge in [0, 0.05) is 23.1 Å². The zero-order valence-corrected chi connectivity index (χ0v) is 10.8. The highest BCUT2D eigenvalue weighted by atomic mass is 16.4. The number of aromatic amines is 1. The van der Waals surface area contributed by atoms with Crippen LogP contribution >= 0.6 is 0 Å². The Morgan fingerprint density at radius 2 is 2.05 bits per heavy atom. The largest absolute Gasteiger partial charge is 0.481 e. The van der Waals surface area contributed by atoms with Crippen LogP contribution in [0.5, 0.6) is 0 Å². The fourth-order valence-electron chi connectivity index (χ4n) is 1.95. The van der Waals surface area contributed by atoms with E-state index in [2.05, 4.69) is 10.3 Å². The normalized spacial score (nSPS) is 12.1. The first kappa shape index (κ1) is 13.8. The van der Waals surface area contributed by atoms with Crippen LogP contribution in [0.4, 0.5) is 0 Å². The van der Waals surface area contributed by atoms with Gasteiger partial charge < -0.3 is 15.4 Å². The number of rotatable bonds is 4. The highest BCUT2D eigenvalue weighted by molar-refractivity contribution is 5.97. The number of amides is 1. The molecule has 0 spiro atoms. The molecule has 0 aliphatic rings. The van der Waals surface area contributed by atoms with Gasteiger partial charge in [-0.2, -0.15) is 0 Å². The van der Waals surface area contributed by atoms with Gasteiger partial charge in [-0.1, -0.05) is 12.1 Å². The Kier molecular flexibility index (Phi) is 3.84. The first-order valence-corrected chi connectivity index (χ1v) is 6.12. The smallest absolute Gasteiger partial charge is 0.305 e. The molecule has 1 atom stereocenters. The molecule has 0 aliphatic carbocycles. The molecule has 0 fully saturated rings. The number of H-pyrrole nitrogens is 1. The second-order valence-electron chi connectivity index (χ2n) is 4.55. The number of carboxylic acid groups (broad SMARTS) is 1. The van der Waals surface area contributed by atoms with E-state index in [1.54, 1.807) is 31.2 Å². The molecule has 1 amide bonds. The van der Waals surface area contributed by atoms with E-state index in [0.717, 1.165) is 0 Å². The first-order valence-electron chi connectivity index (χ1n) is 6.12. The predicted octanol–water partition coefficient (Wildman–Crippen LogP) is 1.12. The van der Waals surface area contributed by atoms with Gasteiger partial charge in [0.05, 0.1) is 6.42 Å². The van der Waals surface area contributed by atoms with Gasteiger partial charge in [-0.25, -0.2) is 0 Å². The zero-order valence-electron chi connectivity index (χ0n) is 10.8. The van der Waals surface area contributed by atoms with Crippen molar-refractivity contribution >= 4 is 22.8 Å². The van der Waals surface area contributed by atoms with Crippen molar-refractivity contribution in [3.8, 4) is 0 Å². The molecule has 1 aromatic carbocycles. The van der Waals surface area contributed by atoms with Crippen LogP contribution in [0.15, 0.2) is 35.3 Å². The van der Waals surface area contributed by atoms with Crippen molar-refractivity contribution in [2.75, 3.05) is 0 Å². The van der Waals surface area contributed by atoms with Crippen molar-refractivity contribution in [2.45, 2.75) is 19.4 Å². The summed E-state index contributed by atoms with van der Waals surface area (Å²) in [6, 6.07) is 6.32. The topological polar surface area (TPSA) is 99.3 Å². The molecule has 0 bridgehead atoms. The molecular formula is C14H14N2O4. The van der Waals surface area contributed by atoms with E-state index < -0.39 is 17.9 Å². The van der Waals surface area contributed by atoms with Gasteiger partial charge in [0.25, 0.3) is 5.91 Å². The van der Waals surface area contributed by atoms with Crippen LogP contribution < -0.4 is 10.7 Å². The molecule has 3 N–H and O–H groups in total. The third-order valence-electron chi connectivity index (χ3n) is 2.89. The summed E-state index contributed by atoms with van der Waals surface area (Å²) in [7, 11) is 0. The number of carbonyl (C=O) groups excluding carboxylic acids is 1. The third-order valence-corrected chi connectivity index (χ3v) is 2.89. The van der Waals surface area contributed by atoms with Crippen LogP contribution in [-0.2, 0) is 4.79 Å². The third kappa shape index (κ3) is 2.85. The summed E-state index contributed by atoms with van der Waals surface area (Å²) in [6.45, 7) is 1.57. The van der Waals surface area contributed by atoms with Gasteiger partial charge in [0.15, 0.2) is 0 Å². The number of fused-ring (bicyclic) bond motifs is 1. The number of benzene rings is 1. The number of hydrogen-bond acceptors (Lipinski definition) is 3. The number of para-hydroxylation sites is 1. The highest BCUT2D eigenvalue weighted by Gasteiger charge is 2.16. The van der Waals surface area contributed by atoms with Gasteiger partial charge in [-0.3, -0.25) is 14.4 Å². The molecule has 1 unspecified atom stereocenters. The minimum Gasteiger partial charge on any atom is -0.481 e. The molecule has 6 heteroatoms. The summed E-state index contributed by atoms with van der Waals surface area (Å²) in [5, 5.41) is 11.6. The van der Waals surface area contributed by atoms with Gasteiger partial charge >= 0.3 is 5.97 Å². The number of nitrogens with one attached hydrogen (secondary N) is 2. The van der Waals surface area contributed by atoms with Crippen molar-refractivity contribution < 1.29 is 14.7 Å². The number of pyridine rings is 1. The lowest BCUT2D eigenvalue weighted by Gasteiger charge is -2.11. The quantitative estimate of drug-likeness (QED) is 0.778. The number of aliphatic carboxylic acids is 1. The van der Waals surface area contributed by atoms with Crippen molar-refractivity contribution in [2.24, 2.45) is 0 Å². The summed E-state index contributed by atoms with van der Waals surface area (Å²) < 4.78 is 0. The van der Waals surface area contributed by atoms with E-state index in [1.807, 2.05) is 0 Å². The second-order valence-corrected chi connectivity index (χ2v) is 4.55. The molecule has 20 heavy (non-hydrogen) atoms. The molecule has 0 radical (unpaired) electrons. The fourth-order valence-corrected chi connectivity index (χ4v) is 1.95. The first-order chi connectivity index (χ1) is 9.49. The van der Waals surface area contributed by atoms with E-state index in [1.165, 1.54) is 6.20 Å². The van der Waals surface area contributed by atoms with Crippen molar-refractivity contribution in [3.63, 3.8) is 0 Å². The minimum atomic E-state index is -1.01. The maximum atomic E-state index is 12.2. The summed E-state index contributed by atoms with van der Waals surface area (Å²) in [5.74, 6) is -1.59. The average molecular weight is 274 g/mol. The molecule has 0 saturated heterocycles. The Hall–Kier alpha value is -2.63. The maximum absolute atomic E-state index is 12.2. The monoisotopic (exact) mass is 274 g/mol. The van der Waals surface area contributed by atoms with Gasteiger partial charge in [-0.15, -0.1) is 0 Å². The highest BCUT2D eigenvalue weighted by Crippen LogP contribution is 2.07. The van der Waals surface area contributed by atoms with Crippen LogP contribution in [-0.4, -0.2) is 28.0 Å². The second kappa shape index (κ2) is 5.56. The number of carboxylic acids is 1. The van der Waals surface area contributed by atoms with Crippen LogP contribution in [0.2, 0.25) is 0 Å². The zero-order chi connectivity index (χ0) is 14.7. The summed E-state index contributed by atoms with van der Waals surface area (Å²) in [6.07, 6.45) is 1.14.